The van der Waals surface area contributed by atoms with Gasteiger partial charge in [-0.3, -0.25) is 0 Å². The van der Waals surface area contributed by atoms with Crippen LogP contribution in [0.1, 0.15) is 16.7 Å². The maximum Gasteiger partial charge on any atom is 0.319 e. The van der Waals surface area contributed by atoms with Crippen LogP contribution < -0.4 is 15.8 Å². The number of rotatable bonds is 5. The van der Waals surface area contributed by atoms with Gasteiger partial charge in [-0.05, 0) is 61.2 Å². The first-order valence-electron chi connectivity index (χ1n) is 7.49. The molecule has 2 aromatic rings. The standard InChI is InChI=1S/C17H21N3O3S/c1-12-9-13(2)11-15(10-12)20-17(21)19-8-7-14-3-5-16(6-4-14)24(18,22)23/h3-6,9-11H,7-8H2,1-2H3,(H2,18,22,23)(H2,19,20,21). The van der Waals surface area contributed by atoms with Crippen molar-refractivity contribution in [2.45, 2.75) is 25.2 Å². The number of amides is 2. The third-order valence-electron chi connectivity index (χ3n) is 3.43. The summed E-state index contributed by atoms with van der Waals surface area (Å²) in [6.07, 6.45) is 0.588. The second-order valence-corrected chi connectivity index (χ2v) is 7.26. The van der Waals surface area contributed by atoms with E-state index >= 15 is 0 Å². The Labute approximate surface area is 142 Å². The van der Waals surface area contributed by atoms with Gasteiger partial charge in [0.15, 0.2) is 0 Å². The number of primary sulfonamides is 1. The van der Waals surface area contributed by atoms with Crippen LogP contribution in [0.15, 0.2) is 47.4 Å². The molecule has 0 aliphatic rings. The summed E-state index contributed by atoms with van der Waals surface area (Å²) in [7, 11) is -3.67. The summed E-state index contributed by atoms with van der Waals surface area (Å²) < 4.78 is 22.4. The first kappa shape index (κ1) is 18.0. The number of carbonyl (C=O) groups is 1. The lowest BCUT2D eigenvalue weighted by atomic mass is 10.1. The molecule has 0 atom stereocenters. The van der Waals surface area contributed by atoms with Crippen LogP contribution >= 0.6 is 0 Å². The highest BCUT2D eigenvalue weighted by Crippen LogP contribution is 2.13. The molecule has 0 radical (unpaired) electrons. The van der Waals surface area contributed by atoms with Crippen molar-refractivity contribution in [3.05, 3.63) is 59.2 Å². The van der Waals surface area contributed by atoms with E-state index in [9.17, 15) is 13.2 Å². The molecule has 0 aliphatic heterocycles. The molecule has 0 saturated carbocycles. The smallest absolute Gasteiger partial charge is 0.319 e. The van der Waals surface area contributed by atoms with Gasteiger partial charge in [0, 0.05) is 12.2 Å². The Morgan fingerprint density at radius 2 is 1.62 bits per heavy atom. The number of urea groups is 1. The summed E-state index contributed by atoms with van der Waals surface area (Å²) >= 11 is 0. The summed E-state index contributed by atoms with van der Waals surface area (Å²) in [5.74, 6) is 0. The molecule has 0 aliphatic carbocycles. The topological polar surface area (TPSA) is 101 Å². The molecule has 7 heteroatoms. The van der Waals surface area contributed by atoms with Gasteiger partial charge in [0.25, 0.3) is 0 Å². The molecule has 0 bridgehead atoms. The third kappa shape index (κ3) is 5.36. The van der Waals surface area contributed by atoms with Crippen LogP contribution in [0.2, 0.25) is 0 Å². The fraction of sp³-hybridized carbons (Fsp3) is 0.235. The highest BCUT2D eigenvalue weighted by atomic mass is 32.2. The molecule has 0 spiro atoms. The van der Waals surface area contributed by atoms with Gasteiger partial charge in [-0.2, -0.15) is 0 Å². The number of nitrogens with two attached hydrogens (primary N) is 1. The predicted molar refractivity (Wildman–Crippen MR) is 94.5 cm³/mol. The van der Waals surface area contributed by atoms with Crippen molar-refractivity contribution in [2.24, 2.45) is 5.14 Å². The number of hydrogen-bond acceptors (Lipinski definition) is 3. The number of hydrogen-bond donors (Lipinski definition) is 3. The molecule has 2 amide bonds. The molecule has 2 aromatic carbocycles. The van der Waals surface area contributed by atoms with Crippen LogP contribution in [0.25, 0.3) is 0 Å². The van der Waals surface area contributed by atoms with Gasteiger partial charge < -0.3 is 10.6 Å². The van der Waals surface area contributed by atoms with Crippen molar-refractivity contribution in [3.8, 4) is 0 Å². The van der Waals surface area contributed by atoms with Crippen molar-refractivity contribution >= 4 is 21.7 Å². The van der Waals surface area contributed by atoms with Gasteiger partial charge in [0.1, 0.15) is 0 Å². The van der Waals surface area contributed by atoms with E-state index in [2.05, 4.69) is 10.6 Å². The lowest BCUT2D eigenvalue weighted by Gasteiger charge is -2.09. The maximum absolute atomic E-state index is 11.9. The second kappa shape index (κ2) is 7.46. The highest BCUT2D eigenvalue weighted by Gasteiger charge is 2.07. The first-order chi connectivity index (χ1) is 11.2. The zero-order chi connectivity index (χ0) is 17.7. The van der Waals surface area contributed by atoms with E-state index in [0.717, 1.165) is 22.4 Å². The normalized spacial score (nSPS) is 11.1. The molecule has 24 heavy (non-hydrogen) atoms. The lowest BCUT2D eigenvalue weighted by Crippen LogP contribution is -2.30. The summed E-state index contributed by atoms with van der Waals surface area (Å²) in [6, 6.07) is 11.8. The molecule has 0 fully saturated rings. The lowest BCUT2D eigenvalue weighted by molar-refractivity contribution is 0.252. The van der Waals surface area contributed by atoms with Gasteiger partial charge in [0.05, 0.1) is 4.90 Å². The SMILES string of the molecule is Cc1cc(C)cc(NC(=O)NCCc2ccc(S(N)(=O)=O)cc2)c1. The largest absolute Gasteiger partial charge is 0.338 e. The molecule has 6 nitrogen and oxygen atoms in total. The Bertz CT molecular complexity index is 810. The zero-order valence-corrected chi connectivity index (χ0v) is 14.5. The molecule has 4 N–H and O–H groups in total. The third-order valence-corrected chi connectivity index (χ3v) is 4.36. The Hall–Kier alpha value is -2.38. The van der Waals surface area contributed by atoms with E-state index in [0.29, 0.717) is 13.0 Å². The van der Waals surface area contributed by atoms with Crippen molar-refractivity contribution in [3.63, 3.8) is 0 Å². The van der Waals surface area contributed by atoms with Crippen molar-refractivity contribution in [2.75, 3.05) is 11.9 Å². The fourth-order valence-electron chi connectivity index (χ4n) is 2.39. The van der Waals surface area contributed by atoms with Gasteiger partial charge in [-0.15, -0.1) is 0 Å². The van der Waals surface area contributed by atoms with E-state index in [1.54, 1.807) is 12.1 Å². The van der Waals surface area contributed by atoms with E-state index < -0.39 is 10.0 Å². The quantitative estimate of drug-likeness (QED) is 0.773. The minimum atomic E-state index is -3.67. The van der Waals surface area contributed by atoms with Crippen LogP contribution in [0.5, 0.6) is 0 Å². The van der Waals surface area contributed by atoms with E-state index in [4.69, 9.17) is 5.14 Å². The van der Waals surface area contributed by atoms with Gasteiger partial charge in [0.2, 0.25) is 10.0 Å². The van der Waals surface area contributed by atoms with Crippen LogP contribution in [-0.2, 0) is 16.4 Å². The monoisotopic (exact) mass is 347 g/mol. The molecular weight excluding hydrogens is 326 g/mol. The highest BCUT2D eigenvalue weighted by molar-refractivity contribution is 7.89. The van der Waals surface area contributed by atoms with Crippen molar-refractivity contribution < 1.29 is 13.2 Å². The van der Waals surface area contributed by atoms with E-state index in [1.807, 2.05) is 32.0 Å². The minimum Gasteiger partial charge on any atom is -0.338 e. The van der Waals surface area contributed by atoms with Gasteiger partial charge >= 0.3 is 6.03 Å². The molecule has 0 aromatic heterocycles. The number of carbonyl (C=O) groups excluding carboxylic acids is 1. The molecule has 2 rings (SSSR count). The van der Waals surface area contributed by atoms with Crippen LogP contribution in [0, 0.1) is 13.8 Å². The number of anilines is 1. The Morgan fingerprint density at radius 1 is 1.04 bits per heavy atom. The Kier molecular flexibility index (Phi) is 5.58. The summed E-state index contributed by atoms with van der Waals surface area (Å²) in [5.41, 5.74) is 3.83. The molecule has 0 saturated heterocycles. The zero-order valence-electron chi connectivity index (χ0n) is 13.7. The van der Waals surface area contributed by atoms with E-state index in [1.165, 1.54) is 12.1 Å². The average molecular weight is 347 g/mol. The Balaban J connectivity index is 1.84. The molecular formula is C17H21N3O3S. The average Bonchev–Trinajstić information content (AvgIpc) is 2.45. The molecule has 0 heterocycles. The number of aryl methyl sites for hydroxylation is 2. The maximum atomic E-state index is 11.9. The fourth-order valence-corrected chi connectivity index (χ4v) is 2.90. The number of nitrogens with one attached hydrogen (secondary N) is 2. The summed E-state index contributed by atoms with van der Waals surface area (Å²) in [6.45, 7) is 4.38. The Morgan fingerprint density at radius 3 is 2.17 bits per heavy atom. The van der Waals surface area contributed by atoms with Crippen LogP contribution in [-0.4, -0.2) is 21.0 Å². The second-order valence-electron chi connectivity index (χ2n) is 5.70. The molecule has 0 unspecified atom stereocenters. The minimum absolute atomic E-state index is 0.0757. The van der Waals surface area contributed by atoms with Gasteiger partial charge in [-0.25, -0.2) is 18.4 Å². The van der Waals surface area contributed by atoms with Gasteiger partial charge in [-0.1, -0.05) is 18.2 Å². The van der Waals surface area contributed by atoms with Crippen LogP contribution in [0.3, 0.4) is 0 Å². The van der Waals surface area contributed by atoms with Crippen LogP contribution in [0.4, 0.5) is 10.5 Å². The number of sulfonamides is 1. The predicted octanol–water partition coefficient (Wildman–Crippen LogP) is 2.32. The summed E-state index contributed by atoms with van der Waals surface area (Å²) in [4.78, 5) is 12.0. The summed E-state index contributed by atoms with van der Waals surface area (Å²) in [5, 5.41) is 10.6. The molecule has 128 valence electrons. The first-order valence-corrected chi connectivity index (χ1v) is 9.03. The number of benzene rings is 2. The van der Waals surface area contributed by atoms with Crippen molar-refractivity contribution in [1.82, 2.24) is 5.32 Å². The van der Waals surface area contributed by atoms with Crippen molar-refractivity contribution in [1.29, 1.82) is 0 Å². The van der Waals surface area contributed by atoms with E-state index in [-0.39, 0.29) is 10.9 Å².